The van der Waals surface area contributed by atoms with Gasteiger partial charge in [0.15, 0.2) is 0 Å². The highest BCUT2D eigenvalue weighted by molar-refractivity contribution is 5.82. The van der Waals surface area contributed by atoms with E-state index >= 15 is 0 Å². The molecule has 334 valence electrons. The van der Waals surface area contributed by atoms with E-state index in [2.05, 4.69) is 74.5 Å². The molecule has 0 unspecified atom stereocenters. The molecule has 0 atom stereocenters. The predicted molar refractivity (Wildman–Crippen MR) is 235 cm³/mol. The van der Waals surface area contributed by atoms with Crippen molar-refractivity contribution in [1.29, 1.82) is 0 Å². The smallest absolute Gasteiger partial charge is 0.123 e. The Bertz CT molecular complexity index is 1680. The predicted octanol–water partition coefficient (Wildman–Crippen LogP) is 7.22. The van der Waals surface area contributed by atoms with Crippen LogP contribution in [0.25, 0.3) is 11.1 Å². The van der Waals surface area contributed by atoms with Gasteiger partial charge < -0.3 is 56.8 Å². The molecule has 0 spiro atoms. The van der Waals surface area contributed by atoms with Gasteiger partial charge in [-0.15, -0.1) is 0 Å². The lowest BCUT2D eigenvalue weighted by molar-refractivity contribution is 0.0532. The molecule has 0 amide bonds. The van der Waals surface area contributed by atoms with Gasteiger partial charge in [-0.1, -0.05) is 47.5 Å². The zero-order valence-electron chi connectivity index (χ0n) is 37.1. The summed E-state index contributed by atoms with van der Waals surface area (Å²) in [4.78, 5) is 0. The van der Waals surface area contributed by atoms with Crippen LogP contribution in [0.4, 0.5) is 0 Å². The van der Waals surface area contributed by atoms with E-state index in [4.69, 9.17) is 56.8 Å². The van der Waals surface area contributed by atoms with Gasteiger partial charge in [0.2, 0.25) is 0 Å². The molecule has 5 rings (SSSR count). The Labute approximate surface area is 362 Å². The second kappa shape index (κ2) is 26.3. The average Bonchev–Trinajstić information content (AvgIpc) is 3.49. The summed E-state index contributed by atoms with van der Waals surface area (Å²) in [6.07, 6.45) is 1.31. The normalized spacial score (nSPS) is 12.6. The first-order chi connectivity index (χ1) is 29.9. The Hall–Kier alpha value is -4.24. The van der Waals surface area contributed by atoms with Crippen LogP contribution in [0.5, 0.6) is 23.0 Å². The molecule has 0 fully saturated rings. The van der Waals surface area contributed by atoms with E-state index in [-0.39, 0.29) is 0 Å². The minimum Gasteiger partial charge on any atom is -0.491 e. The fourth-order valence-electron chi connectivity index (χ4n) is 7.51. The molecule has 12 heteroatoms. The summed E-state index contributed by atoms with van der Waals surface area (Å²) >= 11 is 0. The Balaban J connectivity index is 1.54. The fraction of sp³-hybridized carbons (Fsp3) is 0.510. The summed E-state index contributed by atoms with van der Waals surface area (Å²) in [5.74, 6) is 2.82. The van der Waals surface area contributed by atoms with E-state index in [9.17, 15) is 0 Å². The first kappa shape index (κ1) is 47.8. The van der Waals surface area contributed by atoms with Crippen LogP contribution >= 0.6 is 0 Å². The highest BCUT2D eigenvalue weighted by atomic mass is 16.6. The standard InChI is InChI=1S/C49H66O12/c1-37-7-9-45-46-10-8-38(2)28-48(46)49(47(45)27-37,35-39-29-41(58-23-19-54-15-11-50-3)33-42(30-39)59-24-20-55-16-12-51-4)36-40-31-43(60-25-21-56-17-13-52-5)34-44(32-40)61-26-22-57-18-14-53-6/h7-10,27-34H,11-26,35-36H2,1-6H3. The van der Waals surface area contributed by atoms with Crippen molar-refractivity contribution in [3.8, 4) is 34.1 Å². The van der Waals surface area contributed by atoms with E-state index in [0.29, 0.717) is 142 Å². The minimum absolute atomic E-state index is 0.381. The average molecular weight is 847 g/mol. The molecule has 4 aromatic rings. The van der Waals surface area contributed by atoms with E-state index in [1.54, 1.807) is 28.4 Å². The lowest BCUT2D eigenvalue weighted by atomic mass is 9.69. The van der Waals surface area contributed by atoms with Gasteiger partial charge in [0.25, 0.3) is 0 Å². The van der Waals surface area contributed by atoms with Crippen molar-refractivity contribution < 1.29 is 56.8 Å². The molecule has 0 aliphatic heterocycles. The molecule has 0 N–H and O–H groups in total. The van der Waals surface area contributed by atoms with Crippen molar-refractivity contribution in [2.24, 2.45) is 0 Å². The molecule has 0 heterocycles. The maximum Gasteiger partial charge on any atom is 0.123 e. The topological polar surface area (TPSA) is 111 Å². The third-order valence-corrected chi connectivity index (χ3v) is 10.3. The maximum atomic E-state index is 6.33. The highest BCUT2D eigenvalue weighted by Gasteiger charge is 2.44. The van der Waals surface area contributed by atoms with Crippen molar-refractivity contribution in [2.75, 3.05) is 134 Å². The molecule has 0 bridgehead atoms. The molecule has 0 radical (unpaired) electrons. The lowest BCUT2D eigenvalue weighted by Crippen LogP contribution is -2.31. The van der Waals surface area contributed by atoms with Crippen molar-refractivity contribution >= 4 is 0 Å². The molecule has 0 aromatic heterocycles. The van der Waals surface area contributed by atoms with Crippen LogP contribution in [-0.2, 0) is 56.2 Å². The molecule has 0 saturated heterocycles. The van der Waals surface area contributed by atoms with Gasteiger partial charge in [-0.2, -0.15) is 0 Å². The first-order valence-corrected chi connectivity index (χ1v) is 21.2. The summed E-state index contributed by atoms with van der Waals surface area (Å²) in [6.45, 7) is 11.7. The maximum absolute atomic E-state index is 6.33. The van der Waals surface area contributed by atoms with Crippen LogP contribution in [0.15, 0.2) is 72.8 Å². The van der Waals surface area contributed by atoms with Crippen LogP contribution in [0, 0.1) is 13.8 Å². The number of ether oxygens (including phenoxy) is 12. The Kier molecular flexibility index (Phi) is 20.6. The Morgan fingerprint density at radius 1 is 0.344 bits per heavy atom. The number of rotatable bonds is 32. The summed E-state index contributed by atoms with van der Waals surface area (Å²) in [5.41, 5.74) is 9.04. The van der Waals surface area contributed by atoms with E-state index in [1.165, 1.54) is 33.4 Å². The number of aryl methyl sites for hydroxylation is 2. The van der Waals surface area contributed by atoms with Crippen LogP contribution in [0.3, 0.4) is 0 Å². The minimum atomic E-state index is -0.493. The summed E-state index contributed by atoms with van der Waals surface area (Å²) in [5, 5.41) is 0. The number of hydrogen-bond donors (Lipinski definition) is 0. The van der Waals surface area contributed by atoms with Crippen LogP contribution in [0.2, 0.25) is 0 Å². The monoisotopic (exact) mass is 846 g/mol. The fourth-order valence-corrected chi connectivity index (χ4v) is 7.51. The second-order valence-corrected chi connectivity index (χ2v) is 15.0. The van der Waals surface area contributed by atoms with Crippen molar-refractivity contribution in [3.63, 3.8) is 0 Å². The molecular formula is C49H66O12. The molecule has 61 heavy (non-hydrogen) atoms. The highest BCUT2D eigenvalue weighted by Crippen LogP contribution is 2.53. The number of methoxy groups -OCH3 is 4. The van der Waals surface area contributed by atoms with Crippen LogP contribution in [0.1, 0.15) is 33.4 Å². The van der Waals surface area contributed by atoms with Gasteiger partial charge in [0.05, 0.1) is 79.3 Å². The van der Waals surface area contributed by atoms with Gasteiger partial charge >= 0.3 is 0 Å². The van der Waals surface area contributed by atoms with Crippen LogP contribution < -0.4 is 18.9 Å². The van der Waals surface area contributed by atoms with E-state index < -0.39 is 5.41 Å². The number of hydrogen-bond acceptors (Lipinski definition) is 12. The van der Waals surface area contributed by atoms with Gasteiger partial charge in [0.1, 0.15) is 49.4 Å². The van der Waals surface area contributed by atoms with Gasteiger partial charge in [-0.05, 0) is 84.3 Å². The Morgan fingerprint density at radius 3 is 0.934 bits per heavy atom. The van der Waals surface area contributed by atoms with Gasteiger partial charge in [-0.25, -0.2) is 0 Å². The third-order valence-electron chi connectivity index (χ3n) is 10.3. The lowest BCUT2D eigenvalue weighted by Gasteiger charge is -2.34. The quantitative estimate of drug-likeness (QED) is 0.0463. The largest absolute Gasteiger partial charge is 0.491 e. The van der Waals surface area contributed by atoms with E-state index in [1.807, 2.05) is 12.1 Å². The second-order valence-electron chi connectivity index (χ2n) is 15.0. The molecule has 12 nitrogen and oxygen atoms in total. The number of fused-ring (bicyclic) bond motifs is 3. The van der Waals surface area contributed by atoms with Crippen molar-refractivity contribution in [1.82, 2.24) is 0 Å². The summed E-state index contributed by atoms with van der Waals surface area (Å²) < 4.78 is 68.7. The first-order valence-electron chi connectivity index (χ1n) is 21.2. The Morgan fingerprint density at radius 2 is 0.639 bits per heavy atom. The van der Waals surface area contributed by atoms with Crippen molar-refractivity contribution in [2.45, 2.75) is 32.1 Å². The number of benzene rings is 4. The van der Waals surface area contributed by atoms with Gasteiger partial charge in [-0.3, -0.25) is 0 Å². The van der Waals surface area contributed by atoms with Gasteiger partial charge in [0, 0.05) is 46.0 Å². The zero-order valence-corrected chi connectivity index (χ0v) is 37.1. The SMILES string of the molecule is COCCOCCOc1cc(CC2(Cc3cc(OCCOCCOC)cc(OCCOCCOC)c3)c3cc(C)ccc3-c3ccc(C)cc32)cc(OCCOCCOC)c1. The van der Waals surface area contributed by atoms with Crippen LogP contribution in [-0.4, -0.2) is 134 Å². The summed E-state index contributed by atoms with van der Waals surface area (Å²) in [7, 11) is 6.64. The van der Waals surface area contributed by atoms with E-state index in [0.717, 1.165) is 11.1 Å². The molecule has 0 saturated carbocycles. The molecule has 1 aliphatic rings. The third kappa shape index (κ3) is 15.0. The molecule has 1 aliphatic carbocycles. The summed E-state index contributed by atoms with van der Waals surface area (Å²) in [6, 6.07) is 26.0. The zero-order chi connectivity index (χ0) is 43.1. The molecule has 4 aromatic carbocycles. The van der Waals surface area contributed by atoms with Crippen molar-refractivity contribution in [3.05, 3.63) is 106 Å². The molecular weight excluding hydrogens is 781 g/mol.